The van der Waals surface area contributed by atoms with Crippen molar-refractivity contribution < 1.29 is 32.6 Å². The maximum atomic E-state index is 12.6. The average molecular weight is 600 g/mol. The number of allylic oxidation sites excluding steroid dienone is 1. The Morgan fingerprint density at radius 2 is 1.74 bits per heavy atom. The molecule has 3 aromatic rings. The molecule has 2 aromatic carbocycles. The van der Waals surface area contributed by atoms with Crippen LogP contribution in [0.2, 0.25) is 10.0 Å². The molecule has 0 aliphatic rings. The molecule has 3 rings (SSSR count). The molecular formula is C26H22Cl2F3N3O4S. The van der Waals surface area contributed by atoms with Crippen LogP contribution in [0.15, 0.2) is 65.7 Å². The van der Waals surface area contributed by atoms with Crippen molar-refractivity contribution in [3.63, 3.8) is 0 Å². The Labute approximate surface area is 235 Å². The van der Waals surface area contributed by atoms with E-state index in [1.807, 2.05) is 0 Å². The molecule has 1 heterocycles. The van der Waals surface area contributed by atoms with Gasteiger partial charge in [-0.25, -0.2) is 0 Å². The third kappa shape index (κ3) is 9.31. The summed E-state index contributed by atoms with van der Waals surface area (Å²) in [5.41, 5.74) is 7.88. The van der Waals surface area contributed by atoms with Gasteiger partial charge in [-0.3, -0.25) is 14.6 Å². The number of carboxylic acids is 1. The largest absolute Gasteiger partial charge is 0.573 e. The van der Waals surface area contributed by atoms with Crippen molar-refractivity contribution in [2.24, 2.45) is 10.7 Å². The van der Waals surface area contributed by atoms with Crippen molar-refractivity contribution in [3.8, 4) is 5.75 Å². The van der Waals surface area contributed by atoms with Gasteiger partial charge in [-0.15, -0.1) is 24.5 Å². The smallest absolute Gasteiger partial charge is 0.481 e. The fourth-order valence-corrected chi connectivity index (χ4v) is 4.76. The molecule has 0 aliphatic carbocycles. The normalized spacial score (nSPS) is 13.2. The second kappa shape index (κ2) is 13.0. The number of rotatable bonds is 10. The number of carboxylic acid groups (broad SMARTS) is 1. The molecule has 39 heavy (non-hydrogen) atoms. The highest BCUT2D eigenvalue weighted by molar-refractivity contribution is 7.14. The Hall–Kier alpha value is -3.54. The van der Waals surface area contributed by atoms with Crippen LogP contribution in [0.5, 0.6) is 5.75 Å². The number of nitrogens with two attached hydrogens (primary N) is 1. The van der Waals surface area contributed by atoms with Gasteiger partial charge >= 0.3 is 12.3 Å². The number of amides is 1. The van der Waals surface area contributed by atoms with Gasteiger partial charge in [-0.05, 0) is 67.6 Å². The Morgan fingerprint density at radius 1 is 1.10 bits per heavy atom. The number of halogens is 5. The lowest BCUT2D eigenvalue weighted by Gasteiger charge is -2.12. The van der Waals surface area contributed by atoms with Crippen LogP contribution in [0.4, 0.5) is 13.2 Å². The fourth-order valence-electron chi connectivity index (χ4n) is 3.32. The summed E-state index contributed by atoms with van der Waals surface area (Å²) in [7, 11) is 0. The van der Waals surface area contributed by atoms with Crippen molar-refractivity contribution in [1.82, 2.24) is 5.32 Å². The highest BCUT2D eigenvalue weighted by Gasteiger charge is 2.31. The topological polar surface area (TPSA) is 114 Å². The predicted octanol–water partition coefficient (Wildman–Crippen LogP) is 6.71. The lowest BCUT2D eigenvalue weighted by molar-refractivity contribution is -0.274. The minimum Gasteiger partial charge on any atom is -0.481 e. The van der Waals surface area contributed by atoms with E-state index in [9.17, 15) is 22.8 Å². The van der Waals surface area contributed by atoms with Gasteiger partial charge in [0.1, 0.15) is 5.75 Å². The van der Waals surface area contributed by atoms with Crippen LogP contribution >= 0.6 is 34.5 Å². The zero-order valence-corrected chi connectivity index (χ0v) is 22.6. The number of nitrogens with zero attached hydrogens (tertiary/aromatic N) is 1. The lowest BCUT2D eigenvalue weighted by atomic mass is 10.1. The molecule has 206 valence electrons. The number of ether oxygens (including phenoxy) is 1. The molecular weight excluding hydrogens is 578 g/mol. The Balaban J connectivity index is 1.94. The quantitative estimate of drug-likeness (QED) is 0.224. The van der Waals surface area contributed by atoms with Gasteiger partial charge in [0.2, 0.25) is 0 Å². The van der Waals surface area contributed by atoms with Crippen LogP contribution in [-0.4, -0.2) is 35.6 Å². The fraction of sp³-hybridized carbons (Fsp3) is 0.192. The molecule has 0 saturated carbocycles. The van der Waals surface area contributed by atoms with Gasteiger partial charge in [0.15, 0.2) is 0 Å². The number of benzene rings is 2. The van der Waals surface area contributed by atoms with Crippen LogP contribution in [0.1, 0.15) is 45.1 Å². The van der Waals surface area contributed by atoms with Crippen LogP contribution < -0.4 is 15.8 Å². The summed E-state index contributed by atoms with van der Waals surface area (Å²) in [6.45, 7) is 1.77. The monoisotopic (exact) mass is 599 g/mol. The van der Waals surface area contributed by atoms with E-state index in [1.165, 1.54) is 23.5 Å². The first-order valence-electron chi connectivity index (χ1n) is 11.3. The molecule has 0 fully saturated rings. The van der Waals surface area contributed by atoms with Gasteiger partial charge in [-0.1, -0.05) is 23.2 Å². The first-order valence-corrected chi connectivity index (χ1v) is 12.9. The summed E-state index contributed by atoms with van der Waals surface area (Å²) in [5, 5.41) is 12.0. The van der Waals surface area contributed by atoms with Crippen molar-refractivity contribution in [1.29, 1.82) is 0 Å². The highest BCUT2D eigenvalue weighted by atomic mass is 35.5. The molecule has 0 spiro atoms. The summed E-state index contributed by atoms with van der Waals surface area (Å²) in [6.07, 6.45) is -3.49. The summed E-state index contributed by atoms with van der Waals surface area (Å²) < 4.78 is 41.8. The summed E-state index contributed by atoms with van der Waals surface area (Å²) >= 11 is 13.4. The Bertz CT molecular complexity index is 1390. The number of carbonyl (C=O) groups is 2. The standard InChI is InChI=1S/C26H22Cl2F3N3O4S/c1-14(22-6-7-23(39-22)25(37)33-9-8-24(35)36)34-21(13-20(32)16-10-17(27)12-18(28)11-16)15-2-4-19(5-3-15)38-26(29,30)31/h2-7,10-14H,8-9,32H2,1H3,(H,33,37)(H,35,36). The van der Waals surface area contributed by atoms with Gasteiger partial charge < -0.3 is 20.9 Å². The zero-order chi connectivity index (χ0) is 28.7. The van der Waals surface area contributed by atoms with Gasteiger partial charge in [0.25, 0.3) is 5.91 Å². The minimum absolute atomic E-state index is 0.00903. The second-order valence-electron chi connectivity index (χ2n) is 8.12. The molecule has 0 radical (unpaired) electrons. The van der Waals surface area contributed by atoms with Crippen molar-refractivity contribution in [2.45, 2.75) is 25.7 Å². The third-order valence-electron chi connectivity index (χ3n) is 5.09. The lowest BCUT2D eigenvalue weighted by Crippen LogP contribution is -2.25. The molecule has 1 amide bonds. The minimum atomic E-state index is -4.83. The molecule has 0 bridgehead atoms. The summed E-state index contributed by atoms with van der Waals surface area (Å²) in [4.78, 5) is 28.8. The first kappa shape index (κ1) is 30.0. The van der Waals surface area contributed by atoms with Crippen LogP contribution in [-0.2, 0) is 4.79 Å². The van der Waals surface area contributed by atoms with Crippen LogP contribution in [0, 0.1) is 0 Å². The SMILES string of the molecule is CC(N=C(C=C(N)c1cc(Cl)cc(Cl)c1)c1ccc(OC(F)(F)F)cc1)c1ccc(C(=O)NCCC(=O)O)s1. The number of aliphatic carboxylic acids is 1. The molecule has 7 nitrogen and oxygen atoms in total. The van der Waals surface area contributed by atoms with Crippen molar-refractivity contribution in [3.05, 3.63) is 91.6 Å². The molecule has 0 aliphatic heterocycles. The maximum absolute atomic E-state index is 12.6. The molecule has 4 N–H and O–H groups in total. The number of thiophene rings is 1. The van der Waals surface area contributed by atoms with E-state index in [-0.39, 0.29) is 18.7 Å². The maximum Gasteiger partial charge on any atom is 0.573 e. The van der Waals surface area contributed by atoms with Crippen LogP contribution in [0.3, 0.4) is 0 Å². The van der Waals surface area contributed by atoms with E-state index < -0.39 is 30.0 Å². The van der Waals surface area contributed by atoms with E-state index in [0.717, 1.165) is 12.1 Å². The molecule has 1 unspecified atom stereocenters. The average Bonchev–Trinajstić information content (AvgIpc) is 3.33. The Morgan fingerprint density at radius 3 is 2.33 bits per heavy atom. The second-order valence-corrected chi connectivity index (χ2v) is 10.1. The van der Waals surface area contributed by atoms with Crippen molar-refractivity contribution in [2.75, 3.05) is 6.54 Å². The molecule has 13 heteroatoms. The third-order valence-corrected chi connectivity index (χ3v) is 6.78. The van der Waals surface area contributed by atoms with Crippen LogP contribution in [0.25, 0.3) is 5.70 Å². The number of nitrogens with one attached hydrogen (secondary N) is 1. The predicted molar refractivity (Wildman–Crippen MR) is 146 cm³/mol. The summed E-state index contributed by atoms with van der Waals surface area (Å²) in [6, 6.07) is 12.7. The van der Waals surface area contributed by atoms with Gasteiger partial charge in [0, 0.05) is 38.3 Å². The number of hydrogen-bond donors (Lipinski definition) is 3. The summed E-state index contributed by atoms with van der Waals surface area (Å²) in [5.74, 6) is -1.83. The molecule has 0 saturated heterocycles. The Kier molecular flexibility index (Phi) is 10.0. The van der Waals surface area contributed by atoms with E-state index in [1.54, 1.807) is 43.3 Å². The molecule has 1 aromatic heterocycles. The first-order chi connectivity index (χ1) is 18.3. The van der Waals surface area contributed by atoms with E-state index >= 15 is 0 Å². The number of carbonyl (C=O) groups excluding carboxylic acids is 1. The number of hydrogen-bond acceptors (Lipinski definition) is 6. The van der Waals surface area contributed by atoms with E-state index in [0.29, 0.717) is 36.6 Å². The van der Waals surface area contributed by atoms with Crippen molar-refractivity contribution >= 4 is 57.8 Å². The van der Waals surface area contributed by atoms with Gasteiger partial charge in [-0.2, -0.15) is 0 Å². The van der Waals surface area contributed by atoms with Gasteiger partial charge in [0.05, 0.1) is 23.1 Å². The highest BCUT2D eigenvalue weighted by Crippen LogP contribution is 2.29. The van der Waals surface area contributed by atoms with E-state index in [4.69, 9.17) is 39.0 Å². The number of alkyl halides is 3. The zero-order valence-electron chi connectivity index (χ0n) is 20.3. The number of aliphatic imine (C=N–C) groups is 1. The molecule has 1 atom stereocenters. The van der Waals surface area contributed by atoms with E-state index in [2.05, 4.69) is 10.1 Å².